The van der Waals surface area contributed by atoms with E-state index in [4.69, 9.17) is 5.73 Å². The lowest BCUT2D eigenvalue weighted by Crippen LogP contribution is -2.31. The number of nitrogens with two attached hydrogens (primary N) is 1. The Morgan fingerprint density at radius 2 is 2.20 bits per heavy atom. The molecule has 0 aliphatic carbocycles. The topological polar surface area (TPSA) is 29.3 Å². The van der Waals surface area contributed by atoms with E-state index in [0.29, 0.717) is 11.7 Å². The maximum absolute atomic E-state index is 13.1. The Labute approximate surface area is 94.6 Å². The van der Waals surface area contributed by atoms with Crippen molar-refractivity contribution >= 4 is 23.1 Å². The molecule has 1 atom stereocenters. The average Bonchev–Trinajstić information content (AvgIpc) is 2.21. The van der Waals surface area contributed by atoms with Crippen LogP contribution in [0, 0.1) is 5.82 Å². The van der Waals surface area contributed by atoms with Crippen LogP contribution < -0.4 is 10.6 Å². The second-order valence-corrected chi connectivity index (χ2v) is 4.53. The molecule has 0 fully saturated rings. The molecule has 1 aromatic carbocycles. The molecule has 0 aliphatic rings. The number of hydrogen-bond acceptors (Lipinski definition) is 3. The van der Waals surface area contributed by atoms with Crippen LogP contribution in [0.25, 0.3) is 0 Å². The normalized spacial score (nSPS) is 12.5. The van der Waals surface area contributed by atoms with Crippen molar-refractivity contribution in [3.63, 3.8) is 0 Å². The fourth-order valence-electron chi connectivity index (χ4n) is 1.41. The molecule has 4 heteroatoms. The van der Waals surface area contributed by atoms with Gasteiger partial charge >= 0.3 is 0 Å². The Hall–Kier alpha value is -0.900. The van der Waals surface area contributed by atoms with Crippen LogP contribution in [0.2, 0.25) is 0 Å². The minimum absolute atomic E-state index is 0.248. The lowest BCUT2D eigenvalue weighted by Gasteiger charge is -2.27. The summed E-state index contributed by atoms with van der Waals surface area (Å²) in [7, 11) is 1.94. The minimum atomic E-state index is -0.248. The van der Waals surface area contributed by atoms with E-state index < -0.39 is 0 Å². The van der Waals surface area contributed by atoms with Gasteiger partial charge in [0, 0.05) is 18.8 Å². The van der Waals surface area contributed by atoms with E-state index >= 15 is 0 Å². The van der Waals surface area contributed by atoms with Gasteiger partial charge in [0.05, 0.1) is 11.4 Å². The molecule has 0 saturated carbocycles. The van der Waals surface area contributed by atoms with Gasteiger partial charge in [-0.2, -0.15) is 11.8 Å². The molecule has 84 valence electrons. The fraction of sp³-hybridized carbons (Fsp3) is 0.455. The largest absolute Gasteiger partial charge is 0.397 e. The smallest absolute Gasteiger partial charge is 0.125 e. The van der Waals surface area contributed by atoms with Gasteiger partial charge in [0.2, 0.25) is 0 Å². The van der Waals surface area contributed by atoms with E-state index in [2.05, 4.69) is 13.2 Å². The van der Waals surface area contributed by atoms with E-state index in [9.17, 15) is 4.39 Å². The highest BCUT2D eigenvalue weighted by Crippen LogP contribution is 2.25. The van der Waals surface area contributed by atoms with Crippen LogP contribution in [-0.4, -0.2) is 25.1 Å². The Kier molecular flexibility index (Phi) is 4.27. The lowest BCUT2D eigenvalue weighted by molar-refractivity contribution is 0.626. The molecule has 0 amide bonds. The second-order valence-electron chi connectivity index (χ2n) is 3.62. The predicted molar refractivity (Wildman–Crippen MR) is 67.1 cm³/mol. The number of anilines is 2. The summed E-state index contributed by atoms with van der Waals surface area (Å²) in [5, 5.41) is 0. The maximum atomic E-state index is 13.1. The van der Waals surface area contributed by atoms with Crippen molar-refractivity contribution in [2.45, 2.75) is 13.0 Å². The molecular weight excluding hydrogens is 211 g/mol. The van der Waals surface area contributed by atoms with Gasteiger partial charge in [0.25, 0.3) is 0 Å². The van der Waals surface area contributed by atoms with E-state index in [-0.39, 0.29) is 5.82 Å². The average molecular weight is 228 g/mol. The zero-order valence-electron chi connectivity index (χ0n) is 9.33. The number of nitrogens with zero attached hydrogens (tertiary/aromatic N) is 1. The van der Waals surface area contributed by atoms with Crippen molar-refractivity contribution in [3.8, 4) is 0 Å². The zero-order chi connectivity index (χ0) is 11.4. The summed E-state index contributed by atoms with van der Waals surface area (Å²) in [6.45, 7) is 2.10. The number of rotatable bonds is 4. The van der Waals surface area contributed by atoms with Crippen LogP contribution in [-0.2, 0) is 0 Å². The summed E-state index contributed by atoms with van der Waals surface area (Å²) in [6.07, 6.45) is 2.05. The number of benzene rings is 1. The Balaban J connectivity index is 2.89. The van der Waals surface area contributed by atoms with Gasteiger partial charge in [-0.05, 0) is 31.4 Å². The van der Waals surface area contributed by atoms with Crippen LogP contribution >= 0.6 is 11.8 Å². The van der Waals surface area contributed by atoms with Gasteiger partial charge in [-0.3, -0.25) is 0 Å². The van der Waals surface area contributed by atoms with Crippen LogP contribution in [0.15, 0.2) is 18.2 Å². The van der Waals surface area contributed by atoms with Gasteiger partial charge in [-0.1, -0.05) is 0 Å². The van der Waals surface area contributed by atoms with Crippen LogP contribution in [0.4, 0.5) is 15.8 Å². The van der Waals surface area contributed by atoms with Crippen LogP contribution in [0.1, 0.15) is 6.92 Å². The van der Waals surface area contributed by atoms with Crippen molar-refractivity contribution in [2.24, 2.45) is 0 Å². The van der Waals surface area contributed by atoms with Gasteiger partial charge in [0.1, 0.15) is 5.82 Å². The van der Waals surface area contributed by atoms with Crippen molar-refractivity contribution in [2.75, 3.05) is 29.7 Å². The Morgan fingerprint density at radius 1 is 1.53 bits per heavy atom. The van der Waals surface area contributed by atoms with Crippen LogP contribution in [0.3, 0.4) is 0 Å². The fourth-order valence-corrected chi connectivity index (χ4v) is 2.12. The number of nitrogen functional groups attached to an aromatic ring is 1. The predicted octanol–water partition coefficient (Wildman–Crippen LogP) is 2.60. The second kappa shape index (κ2) is 5.26. The highest BCUT2D eigenvalue weighted by Gasteiger charge is 2.12. The van der Waals surface area contributed by atoms with Crippen molar-refractivity contribution in [1.82, 2.24) is 0 Å². The van der Waals surface area contributed by atoms with Gasteiger partial charge in [-0.25, -0.2) is 4.39 Å². The first-order valence-electron chi connectivity index (χ1n) is 4.83. The van der Waals surface area contributed by atoms with Gasteiger partial charge in [0.15, 0.2) is 0 Å². The lowest BCUT2D eigenvalue weighted by atomic mass is 10.2. The standard InChI is InChI=1S/C11H17FN2S/c1-8(7-15-3)14(2)11-6-9(12)4-5-10(11)13/h4-6,8H,7,13H2,1-3H3. The molecule has 0 heterocycles. The molecule has 1 aromatic rings. The number of thioether (sulfide) groups is 1. The van der Waals surface area contributed by atoms with E-state index in [1.54, 1.807) is 17.8 Å². The van der Waals surface area contributed by atoms with Crippen molar-refractivity contribution < 1.29 is 4.39 Å². The minimum Gasteiger partial charge on any atom is -0.397 e. The van der Waals surface area contributed by atoms with Gasteiger partial charge < -0.3 is 10.6 Å². The molecule has 0 aromatic heterocycles. The first kappa shape index (κ1) is 12.2. The van der Waals surface area contributed by atoms with E-state index in [1.807, 2.05) is 11.9 Å². The summed E-state index contributed by atoms with van der Waals surface area (Å²) < 4.78 is 13.1. The third-order valence-electron chi connectivity index (χ3n) is 2.44. The molecule has 2 nitrogen and oxygen atoms in total. The molecule has 0 radical (unpaired) electrons. The van der Waals surface area contributed by atoms with Crippen molar-refractivity contribution in [3.05, 3.63) is 24.0 Å². The molecule has 0 bridgehead atoms. The summed E-state index contributed by atoms with van der Waals surface area (Å²) >= 11 is 1.77. The highest BCUT2D eigenvalue weighted by molar-refractivity contribution is 7.98. The third-order valence-corrected chi connectivity index (χ3v) is 3.26. The first-order chi connectivity index (χ1) is 7.06. The molecule has 2 N–H and O–H groups in total. The maximum Gasteiger partial charge on any atom is 0.125 e. The Bertz CT molecular complexity index is 330. The monoisotopic (exact) mass is 228 g/mol. The van der Waals surface area contributed by atoms with E-state index in [0.717, 1.165) is 11.4 Å². The SMILES string of the molecule is CSCC(C)N(C)c1cc(F)ccc1N. The third kappa shape index (κ3) is 3.02. The summed E-state index contributed by atoms with van der Waals surface area (Å²) in [5.74, 6) is 0.745. The summed E-state index contributed by atoms with van der Waals surface area (Å²) in [5.41, 5.74) is 7.19. The van der Waals surface area contributed by atoms with Crippen LogP contribution in [0.5, 0.6) is 0 Å². The molecule has 1 unspecified atom stereocenters. The Morgan fingerprint density at radius 3 is 2.80 bits per heavy atom. The summed E-state index contributed by atoms with van der Waals surface area (Å²) in [6, 6.07) is 4.80. The summed E-state index contributed by atoms with van der Waals surface area (Å²) in [4.78, 5) is 2.01. The van der Waals surface area contributed by atoms with Crippen molar-refractivity contribution in [1.29, 1.82) is 0 Å². The molecule has 15 heavy (non-hydrogen) atoms. The number of halogens is 1. The zero-order valence-corrected chi connectivity index (χ0v) is 10.1. The molecule has 0 aliphatic heterocycles. The number of hydrogen-bond donors (Lipinski definition) is 1. The quantitative estimate of drug-likeness (QED) is 0.803. The molecular formula is C11H17FN2S. The molecule has 0 saturated heterocycles. The first-order valence-corrected chi connectivity index (χ1v) is 6.22. The van der Waals surface area contributed by atoms with Gasteiger partial charge in [-0.15, -0.1) is 0 Å². The van der Waals surface area contributed by atoms with E-state index in [1.165, 1.54) is 12.1 Å². The highest BCUT2D eigenvalue weighted by atomic mass is 32.2. The molecule has 1 rings (SSSR count). The molecule has 0 spiro atoms.